The van der Waals surface area contributed by atoms with Crippen molar-refractivity contribution >= 4 is 0 Å². The summed E-state index contributed by atoms with van der Waals surface area (Å²) in [7, 11) is 0. The van der Waals surface area contributed by atoms with Gasteiger partial charge in [0.2, 0.25) is 0 Å². The first-order valence-electron chi connectivity index (χ1n) is 6.66. The Bertz CT molecular complexity index is 375. The smallest absolute Gasteiger partial charge is 0.161 e. The third-order valence-corrected chi connectivity index (χ3v) is 2.56. The highest BCUT2D eigenvalue weighted by Crippen LogP contribution is 2.32. The van der Waals surface area contributed by atoms with E-state index in [1.54, 1.807) is 0 Å². The average molecular weight is 251 g/mol. The van der Waals surface area contributed by atoms with Gasteiger partial charge in [-0.2, -0.15) is 0 Å². The Morgan fingerprint density at radius 3 is 2.06 bits per heavy atom. The lowest BCUT2D eigenvalue weighted by molar-refractivity contribution is 0.198. The van der Waals surface area contributed by atoms with Crippen molar-refractivity contribution in [2.75, 3.05) is 0 Å². The average Bonchev–Trinajstić information content (AvgIpc) is 2.29. The van der Waals surface area contributed by atoms with E-state index in [0.717, 1.165) is 23.5 Å². The molecular formula is C15H25NO2. The molecule has 0 fully saturated rings. The molecule has 3 heteroatoms. The molecule has 0 aliphatic heterocycles. The van der Waals surface area contributed by atoms with Gasteiger partial charge in [0, 0.05) is 6.04 Å². The summed E-state index contributed by atoms with van der Waals surface area (Å²) in [4.78, 5) is 0. The Balaban J connectivity index is 3.03. The van der Waals surface area contributed by atoms with Gasteiger partial charge in [0.05, 0.1) is 12.2 Å². The van der Waals surface area contributed by atoms with Gasteiger partial charge in [-0.3, -0.25) is 0 Å². The molecule has 0 aliphatic rings. The number of hydrogen-bond donors (Lipinski definition) is 1. The summed E-state index contributed by atoms with van der Waals surface area (Å²) in [5.74, 6) is 1.56. The molecule has 0 radical (unpaired) electrons. The maximum absolute atomic E-state index is 6.05. The van der Waals surface area contributed by atoms with E-state index in [1.165, 1.54) is 0 Å². The maximum atomic E-state index is 6.05. The molecule has 1 unspecified atom stereocenters. The monoisotopic (exact) mass is 251 g/mol. The number of nitrogens with two attached hydrogens (primary N) is 1. The molecule has 0 bridgehead atoms. The Hall–Kier alpha value is -1.22. The molecule has 1 aromatic carbocycles. The van der Waals surface area contributed by atoms with Crippen LogP contribution in [-0.4, -0.2) is 12.2 Å². The van der Waals surface area contributed by atoms with Gasteiger partial charge in [0.15, 0.2) is 11.5 Å². The van der Waals surface area contributed by atoms with Gasteiger partial charge in [-0.15, -0.1) is 0 Å². The van der Waals surface area contributed by atoms with Crippen LogP contribution >= 0.6 is 0 Å². The quantitative estimate of drug-likeness (QED) is 0.839. The largest absolute Gasteiger partial charge is 0.487 e. The Labute approximate surface area is 110 Å². The van der Waals surface area contributed by atoms with Gasteiger partial charge < -0.3 is 15.2 Å². The first-order chi connectivity index (χ1) is 8.43. The number of rotatable bonds is 6. The van der Waals surface area contributed by atoms with Crippen LogP contribution in [0.5, 0.6) is 11.5 Å². The Morgan fingerprint density at radius 1 is 1.00 bits per heavy atom. The van der Waals surface area contributed by atoms with Crippen molar-refractivity contribution in [1.82, 2.24) is 0 Å². The Morgan fingerprint density at radius 2 is 1.56 bits per heavy atom. The van der Waals surface area contributed by atoms with E-state index in [0.29, 0.717) is 0 Å². The van der Waals surface area contributed by atoms with E-state index in [2.05, 4.69) is 6.92 Å². The van der Waals surface area contributed by atoms with Crippen LogP contribution in [0.2, 0.25) is 0 Å². The lowest BCUT2D eigenvalue weighted by Gasteiger charge is -2.19. The molecule has 0 heterocycles. The summed E-state index contributed by atoms with van der Waals surface area (Å²) in [6, 6.07) is 6.00. The zero-order valence-corrected chi connectivity index (χ0v) is 12.1. The van der Waals surface area contributed by atoms with Crippen LogP contribution in [0.3, 0.4) is 0 Å². The maximum Gasteiger partial charge on any atom is 0.161 e. The third-order valence-electron chi connectivity index (χ3n) is 2.56. The van der Waals surface area contributed by atoms with Crippen LogP contribution in [0.15, 0.2) is 18.2 Å². The van der Waals surface area contributed by atoms with Crippen molar-refractivity contribution in [2.45, 2.75) is 59.3 Å². The van der Waals surface area contributed by atoms with E-state index < -0.39 is 0 Å². The van der Waals surface area contributed by atoms with Crippen LogP contribution in [0.1, 0.15) is 52.6 Å². The molecule has 0 aliphatic carbocycles. The van der Waals surface area contributed by atoms with Crippen LogP contribution < -0.4 is 15.2 Å². The molecule has 18 heavy (non-hydrogen) atoms. The molecule has 1 atom stereocenters. The summed E-state index contributed by atoms with van der Waals surface area (Å²) in [5, 5.41) is 0. The normalized spacial score (nSPS) is 12.9. The summed E-state index contributed by atoms with van der Waals surface area (Å²) >= 11 is 0. The van der Waals surface area contributed by atoms with Gasteiger partial charge in [0.25, 0.3) is 0 Å². The summed E-state index contributed by atoms with van der Waals surface area (Å²) in [6.07, 6.45) is 1.16. The predicted octanol–water partition coefficient (Wildman–Crippen LogP) is 3.67. The molecule has 2 N–H and O–H groups in total. The summed E-state index contributed by atoms with van der Waals surface area (Å²) in [5.41, 5.74) is 7.14. The number of ether oxygens (including phenoxy) is 2. The van der Waals surface area contributed by atoms with E-state index in [-0.39, 0.29) is 18.2 Å². The second-order valence-electron chi connectivity index (χ2n) is 5.05. The second-order valence-corrected chi connectivity index (χ2v) is 5.05. The van der Waals surface area contributed by atoms with Gasteiger partial charge >= 0.3 is 0 Å². The topological polar surface area (TPSA) is 44.5 Å². The molecule has 1 rings (SSSR count). The van der Waals surface area contributed by atoms with Crippen LogP contribution in [0.25, 0.3) is 0 Å². The van der Waals surface area contributed by atoms with Crippen LogP contribution in [-0.2, 0) is 0 Å². The van der Waals surface area contributed by atoms with Crippen molar-refractivity contribution in [3.8, 4) is 11.5 Å². The minimum Gasteiger partial charge on any atom is -0.487 e. The second kappa shape index (κ2) is 6.64. The summed E-state index contributed by atoms with van der Waals surface area (Å²) in [6.45, 7) is 10.1. The van der Waals surface area contributed by atoms with Crippen molar-refractivity contribution in [1.29, 1.82) is 0 Å². The van der Waals surface area contributed by atoms with Crippen molar-refractivity contribution in [2.24, 2.45) is 5.73 Å². The van der Waals surface area contributed by atoms with Gasteiger partial charge in [-0.25, -0.2) is 0 Å². The fraction of sp³-hybridized carbons (Fsp3) is 0.600. The van der Waals surface area contributed by atoms with Crippen molar-refractivity contribution < 1.29 is 9.47 Å². The number of hydrogen-bond acceptors (Lipinski definition) is 3. The fourth-order valence-electron chi connectivity index (χ4n) is 1.69. The highest BCUT2D eigenvalue weighted by molar-refractivity contribution is 5.44. The third kappa shape index (κ3) is 4.22. The fourth-order valence-corrected chi connectivity index (χ4v) is 1.69. The predicted molar refractivity (Wildman–Crippen MR) is 75.2 cm³/mol. The molecule has 0 aromatic heterocycles. The van der Waals surface area contributed by atoms with E-state index in [9.17, 15) is 0 Å². The summed E-state index contributed by atoms with van der Waals surface area (Å²) < 4.78 is 11.5. The number of benzene rings is 1. The Kier molecular flexibility index (Phi) is 5.48. The molecule has 1 aromatic rings. The highest BCUT2D eigenvalue weighted by atomic mass is 16.5. The lowest BCUT2D eigenvalue weighted by Crippen LogP contribution is -2.13. The molecule has 3 nitrogen and oxygen atoms in total. The lowest BCUT2D eigenvalue weighted by atomic mass is 10.0. The minimum absolute atomic E-state index is 0.0487. The minimum atomic E-state index is 0.0487. The molecule has 0 spiro atoms. The molecule has 102 valence electrons. The first kappa shape index (κ1) is 14.8. The van der Waals surface area contributed by atoms with Crippen molar-refractivity contribution in [3.63, 3.8) is 0 Å². The molecule has 0 saturated heterocycles. The standard InChI is InChI=1S/C15H25NO2/c1-6-13(16)12-7-8-14(17-10(2)3)15(9-12)18-11(4)5/h7-11,13H,6,16H2,1-5H3. The zero-order valence-electron chi connectivity index (χ0n) is 12.1. The SMILES string of the molecule is CCC(N)c1ccc(OC(C)C)c(OC(C)C)c1. The van der Waals surface area contributed by atoms with Gasteiger partial charge in [-0.1, -0.05) is 13.0 Å². The van der Waals surface area contributed by atoms with E-state index in [4.69, 9.17) is 15.2 Å². The first-order valence-corrected chi connectivity index (χ1v) is 6.66. The van der Waals surface area contributed by atoms with Gasteiger partial charge in [0.1, 0.15) is 0 Å². The highest BCUT2D eigenvalue weighted by Gasteiger charge is 2.12. The molecular weight excluding hydrogens is 226 g/mol. The van der Waals surface area contributed by atoms with Gasteiger partial charge in [-0.05, 0) is 51.8 Å². The van der Waals surface area contributed by atoms with Crippen LogP contribution in [0, 0.1) is 0 Å². The van der Waals surface area contributed by atoms with Crippen LogP contribution in [0.4, 0.5) is 0 Å². The van der Waals surface area contributed by atoms with E-state index >= 15 is 0 Å². The zero-order chi connectivity index (χ0) is 13.7. The van der Waals surface area contributed by atoms with Crippen molar-refractivity contribution in [3.05, 3.63) is 23.8 Å². The van der Waals surface area contributed by atoms with E-state index in [1.807, 2.05) is 45.9 Å². The molecule has 0 saturated carbocycles. The molecule has 0 amide bonds.